The molecule has 54 valence electrons. The second-order valence-electron chi connectivity index (χ2n) is 1.80. The molecular formula is C6H10Br2O. The number of aliphatic hydroxyl groups is 1. The van der Waals surface area contributed by atoms with Crippen LogP contribution in [-0.2, 0) is 0 Å². The van der Waals surface area contributed by atoms with E-state index >= 15 is 0 Å². The van der Waals surface area contributed by atoms with Gasteiger partial charge in [-0.15, -0.1) is 0 Å². The molecule has 0 spiro atoms. The van der Waals surface area contributed by atoms with Gasteiger partial charge in [-0.2, -0.15) is 0 Å². The number of aliphatic hydroxyl groups excluding tert-OH is 1. The smallest absolute Gasteiger partial charge is 0.0859 e. The molecule has 0 aliphatic carbocycles. The van der Waals surface area contributed by atoms with Gasteiger partial charge in [0.1, 0.15) is 0 Å². The third-order valence-corrected chi connectivity index (χ3v) is 2.85. The van der Waals surface area contributed by atoms with Crippen LogP contribution in [0.4, 0.5) is 0 Å². The zero-order chi connectivity index (χ0) is 7.28. The highest BCUT2D eigenvalue weighted by molar-refractivity contribution is 9.14. The van der Waals surface area contributed by atoms with Crippen LogP contribution in [0.15, 0.2) is 9.47 Å². The molecule has 0 amide bonds. The monoisotopic (exact) mass is 256 g/mol. The summed E-state index contributed by atoms with van der Waals surface area (Å²) in [7, 11) is 0. The maximum atomic E-state index is 9.17. The van der Waals surface area contributed by atoms with Gasteiger partial charge in [0.05, 0.1) is 6.10 Å². The van der Waals surface area contributed by atoms with Crippen LogP contribution in [0.2, 0.25) is 0 Å². The minimum Gasteiger partial charge on any atom is -0.388 e. The molecule has 1 N–H and O–H groups in total. The van der Waals surface area contributed by atoms with E-state index in [2.05, 4.69) is 31.9 Å². The van der Waals surface area contributed by atoms with Crippen LogP contribution in [0.3, 0.4) is 0 Å². The lowest BCUT2D eigenvalue weighted by Gasteiger charge is -2.05. The highest BCUT2D eigenvalue weighted by Crippen LogP contribution is 2.16. The maximum Gasteiger partial charge on any atom is 0.0859 e. The molecule has 1 unspecified atom stereocenters. The molecule has 0 fully saturated rings. The summed E-state index contributed by atoms with van der Waals surface area (Å²) in [5.74, 6) is 0. The summed E-state index contributed by atoms with van der Waals surface area (Å²) in [6.07, 6.45) is 1.47. The zero-order valence-electron chi connectivity index (χ0n) is 5.27. The normalized spacial score (nSPS) is 15.8. The molecule has 0 heterocycles. The fourth-order valence-corrected chi connectivity index (χ4v) is 1.02. The largest absolute Gasteiger partial charge is 0.388 e. The van der Waals surface area contributed by atoms with E-state index in [1.807, 2.05) is 6.92 Å². The first kappa shape index (κ1) is 9.66. The van der Waals surface area contributed by atoms with Gasteiger partial charge in [-0.05, 0) is 11.4 Å². The molecule has 0 saturated heterocycles. The predicted molar refractivity (Wildman–Crippen MR) is 46.9 cm³/mol. The van der Waals surface area contributed by atoms with E-state index in [1.165, 1.54) is 0 Å². The fraction of sp³-hybridized carbons (Fsp3) is 0.667. The Kier molecular flexibility index (Phi) is 5.84. The minimum absolute atomic E-state index is 0.339. The van der Waals surface area contributed by atoms with Crippen LogP contribution < -0.4 is 0 Å². The Morgan fingerprint density at radius 2 is 2.33 bits per heavy atom. The summed E-state index contributed by atoms with van der Waals surface area (Å²) in [5.41, 5.74) is 0. The van der Waals surface area contributed by atoms with Gasteiger partial charge in [0.25, 0.3) is 0 Å². The molecule has 0 radical (unpaired) electrons. The van der Waals surface area contributed by atoms with E-state index < -0.39 is 0 Å². The Hall–Kier alpha value is 0.660. The number of rotatable bonds is 3. The van der Waals surface area contributed by atoms with Crippen LogP contribution in [-0.4, -0.2) is 11.2 Å². The molecule has 0 saturated carbocycles. The average Bonchev–Trinajstić information content (AvgIpc) is 1.87. The molecule has 0 aliphatic rings. The molecule has 9 heavy (non-hydrogen) atoms. The van der Waals surface area contributed by atoms with E-state index in [4.69, 9.17) is 0 Å². The first-order valence-electron chi connectivity index (χ1n) is 2.86. The average molecular weight is 258 g/mol. The summed E-state index contributed by atoms with van der Waals surface area (Å²) < 4.78 is 0.810. The van der Waals surface area contributed by atoms with E-state index in [-0.39, 0.29) is 6.10 Å². The summed E-state index contributed by atoms with van der Waals surface area (Å²) in [6.45, 7) is 2.04. The Morgan fingerprint density at radius 1 is 1.78 bits per heavy atom. The van der Waals surface area contributed by atoms with E-state index in [9.17, 15) is 5.11 Å². The third-order valence-electron chi connectivity index (χ3n) is 0.985. The van der Waals surface area contributed by atoms with Gasteiger partial charge in [0, 0.05) is 4.48 Å². The van der Waals surface area contributed by atoms with E-state index in [0.29, 0.717) is 0 Å². The van der Waals surface area contributed by atoms with Crippen molar-refractivity contribution in [3.8, 4) is 0 Å². The third kappa shape index (κ3) is 4.12. The molecule has 0 rings (SSSR count). The van der Waals surface area contributed by atoms with Crippen molar-refractivity contribution >= 4 is 31.9 Å². The highest BCUT2D eigenvalue weighted by atomic mass is 79.9. The minimum atomic E-state index is -0.339. The van der Waals surface area contributed by atoms with Crippen molar-refractivity contribution in [1.82, 2.24) is 0 Å². The molecule has 3 heteroatoms. The first-order valence-corrected chi connectivity index (χ1v) is 4.57. The molecule has 0 aromatic carbocycles. The Morgan fingerprint density at radius 3 is 2.67 bits per heavy atom. The summed E-state index contributed by atoms with van der Waals surface area (Å²) >= 11 is 6.32. The van der Waals surface area contributed by atoms with Gasteiger partial charge in [-0.3, -0.25) is 0 Å². The zero-order valence-corrected chi connectivity index (χ0v) is 8.44. The van der Waals surface area contributed by atoms with Crippen molar-refractivity contribution in [1.29, 1.82) is 0 Å². The Balaban J connectivity index is 3.59. The quantitative estimate of drug-likeness (QED) is 0.825. The van der Waals surface area contributed by atoms with Crippen molar-refractivity contribution in [2.24, 2.45) is 0 Å². The SMILES string of the molecule is CCCC(O)/C(Br)=C/Br. The molecule has 0 aromatic heterocycles. The Labute approximate surface area is 72.4 Å². The summed E-state index contributed by atoms with van der Waals surface area (Å²) in [4.78, 5) is 1.69. The van der Waals surface area contributed by atoms with Gasteiger partial charge in [0.2, 0.25) is 0 Å². The number of halogens is 2. The van der Waals surface area contributed by atoms with Crippen LogP contribution in [0.25, 0.3) is 0 Å². The first-order chi connectivity index (χ1) is 4.22. The molecular weight excluding hydrogens is 248 g/mol. The lowest BCUT2D eigenvalue weighted by atomic mass is 10.2. The Bertz CT molecular complexity index is 101. The second-order valence-corrected chi connectivity index (χ2v) is 3.17. The summed E-state index contributed by atoms with van der Waals surface area (Å²) in [6, 6.07) is 0. The van der Waals surface area contributed by atoms with Crippen LogP contribution >= 0.6 is 31.9 Å². The molecule has 1 nitrogen and oxygen atoms in total. The van der Waals surface area contributed by atoms with Gasteiger partial charge >= 0.3 is 0 Å². The molecule has 1 atom stereocenters. The highest BCUT2D eigenvalue weighted by Gasteiger charge is 2.04. The van der Waals surface area contributed by atoms with Crippen molar-refractivity contribution in [3.05, 3.63) is 9.47 Å². The number of hydrogen-bond donors (Lipinski definition) is 1. The van der Waals surface area contributed by atoms with Crippen molar-refractivity contribution in [2.45, 2.75) is 25.9 Å². The van der Waals surface area contributed by atoms with Gasteiger partial charge in [0.15, 0.2) is 0 Å². The maximum absolute atomic E-state index is 9.17. The standard InChI is InChI=1S/C6H10Br2O/c1-2-3-6(9)5(8)4-7/h4,6,9H,2-3H2,1H3/b5-4-. The van der Waals surface area contributed by atoms with E-state index in [1.54, 1.807) is 4.99 Å². The van der Waals surface area contributed by atoms with E-state index in [0.717, 1.165) is 17.3 Å². The fourth-order valence-electron chi connectivity index (χ4n) is 0.484. The summed E-state index contributed by atoms with van der Waals surface area (Å²) in [5, 5.41) is 9.17. The lowest BCUT2D eigenvalue weighted by molar-refractivity contribution is 0.209. The number of hydrogen-bond acceptors (Lipinski definition) is 1. The molecule has 0 bridgehead atoms. The topological polar surface area (TPSA) is 20.2 Å². The van der Waals surface area contributed by atoms with Gasteiger partial charge in [-0.25, -0.2) is 0 Å². The second kappa shape index (κ2) is 5.45. The lowest BCUT2D eigenvalue weighted by Crippen LogP contribution is -2.04. The predicted octanol–water partition coefficient (Wildman–Crippen LogP) is 2.78. The molecule has 0 aliphatic heterocycles. The molecule has 0 aromatic rings. The van der Waals surface area contributed by atoms with Gasteiger partial charge < -0.3 is 5.11 Å². The van der Waals surface area contributed by atoms with Crippen LogP contribution in [0, 0.1) is 0 Å². The van der Waals surface area contributed by atoms with Crippen molar-refractivity contribution in [3.63, 3.8) is 0 Å². The van der Waals surface area contributed by atoms with Crippen LogP contribution in [0.5, 0.6) is 0 Å². The van der Waals surface area contributed by atoms with Crippen molar-refractivity contribution in [2.75, 3.05) is 0 Å². The van der Waals surface area contributed by atoms with Crippen LogP contribution in [0.1, 0.15) is 19.8 Å². The van der Waals surface area contributed by atoms with Gasteiger partial charge in [-0.1, -0.05) is 45.2 Å². The van der Waals surface area contributed by atoms with Crippen molar-refractivity contribution < 1.29 is 5.11 Å².